The number of carbonyl (C=O) groups is 2. The summed E-state index contributed by atoms with van der Waals surface area (Å²) in [4.78, 5) is 25.5. The normalized spacial score (nSPS) is 24.7. The van der Waals surface area contributed by atoms with Crippen molar-refractivity contribution in [1.82, 2.24) is 4.90 Å². The van der Waals surface area contributed by atoms with Gasteiger partial charge in [-0.05, 0) is 30.0 Å². The van der Waals surface area contributed by atoms with E-state index in [0.29, 0.717) is 26.0 Å². The molecule has 3 rings (SSSR count). The number of ether oxygens (including phenoxy) is 1. The summed E-state index contributed by atoms with van der Waals surface area (Å²) in [6.45, 7) is 0.897. The van der Waals surface area contributed by atoms with Gasteiger partial charge in [0.15, 0.2) is 0 Å². The van der Waals surface area contributed by atoms with Gasteiger partial charge in [0.2, 0.25) is 0 Å². The molecule has 1 N–H and O–H groups in total. The van der Waals surface area contributed by atoms with Gasteiger partial charge in [-0.15, -0.1) is 0 Å². The average molecular weight is 354 g/mol. The lowest BCUT2D eigenvalue weighted by molar-refractivity contribution is -0.156. The van der Waals surface area contributed by atoms with Crippen molar-refractivity contribution in [2.24, 2.45) is 0 Å². The second-order valence-electron chi connectivity index (χ2n) is 5.40. The Morgan fingerprint density at radius 3 is 2.86 bits per heavy atom. The molecule has 2 heterocycles. The third-order valence-corrected chi connectivity index (χ3v) is 4.85. The Morgan fingerprint density at radius 2 is 2.19 bits per heavy atom. The van der Waals surface area contributed by atoms with E-state index in [1.54, 1.807) is 0 Å². The van der Waals surface area contributed by atoms with E-state index in [1.807, 2.05) is 18.2 Å². The quantitative estimate of drug-likeness (QED) is 0.882. The zero-order valence-corrected chi connectivity index (χ0v) is 13.0. The van der Waals surface area contributed by atoms with E-state index in [4.69, 9.17) is 4.74 Å². The summed E-state index contributed by atoms with van der Waals surface area (Å²) in [7, 11) is 0. The molecule has 1 fully saturated rings. The van der Waals surface area contributed by atoms with Crippen molar-refractivity contribution >= 4 is 27.8 Å². The predicted octanol–water partition coefficient (Wildman–Crippen LogP) is 1.97. The SMILES string of the molecule is O=C(O)C1Cc2c(Br)cccc2CN1C(=O)[C@@H]1CCCO1. The van der Waals surface area contributed by atoms with Gasteiger partial charge in [0.05, 0.1) is 0 Å². The fourth-order valence-corrected chi connectivity index (χ4v) is 3.56. The highest BCUT2D eigenvalue weighted by molar-refractivity contribution is 9.10. The second kappa shape index (κ2) is 5.77. The van der Waals surface area contributed by atoms with Gasteiger partial charge in [-0.1, -0.05) is 28.1 Å². The maximum Gasteiger partial charge on any atom is 0.326 e. The van der Waals surface area contributed by atoms with Crippen molar-refractivity contribution in [3.63, 3.8) is 0 Å². The van der Waals surface area contributed by atoms with Crippen molar-refractivity contribution in [1.29, 1.82) is 0 Å². The van der Waals surface area contributed by atoms with E-state index < -0.39 is 18.1 Å². The number of aliphatic carboxylic acids is 1. The van der Waals surface area contributed by atoms with E-state index >= 15 is 0 Å². The largest absolute Gasteiger partial charge is 0.480 e. The smallest absolute Gasteiger partial charge is 0.326 e. The predicted molar refractivity (Wildman–Crippen MR) is 78.8 cm³/mol. The molecule has 0 radical (unpaired) electrons. The molecule has 0 bridgehead atoms. The summed E-state index contributed by atoms with van der Waals surface area (Å²) >= 11 is 3.46. The van der Waals surface area contributed by atoms with Crippen molar-refractivity contribution in [3.8, 4) is 0 Å². The highest BCUT2D eigenvalue weighted by atomic mass is 79.9. The molecule has 1 saturated heterocycles. The molecule has 1 aromatic rings. The van der Waals surface area contributed by atoms with Crippen LogP contribution in [0.15, 0.2) is 22.7 Å². The van der Waals surface area contributed by atoms with Crippen LogP contribution in [0, 0.1) is 0 Å². The van der Waals surface area contributed by atoms with Crippen LogP contribution >= 0.6 is 15.9 Å². The van der Waals surface area contributed by atoms with Crippen LogP contribution in [0.2, 0.25) is 0 Å². The van der Waals surface area contributed by atoms with Gasteiger partial charge in [0, 0.05) is 24.0 Å². The Balaban J connectivity index is 1.91. The first-order chi connectivity index (χ1) is 10.1. The first-order valence-corrected chi connectivity index (χ1v) is 7.78. The van der Waals surface area contributed by atoms with E-state index in [9.17, 15) is 14.7 Å². The molecular weight excluding hydrogens is 338 g/mol. The lowest BCUT2D eigenvalue weighted by atomic mass is 9.93. The molecule has 1 amide bonds. The minimum Gasteiger partial charge on any atom is -0.480 e. The van der Waals surface area contributed by atoms with Crippen LogP contribution in [0.3, 0.4) is 0 Å². The fourth-order valence-electron chi connectivity index (χ4n) is 2.99. The topological polar surface area (TPSA) is 66.8 Å². The van der Waals surface area contributed by atoms with Crippen LogP contribution < -0.4 is 0 Å². The molecular formula is C15H16BrNO4. The average Bonchev–Trinajstić information content (AvgIpc) is 2.99. The Labute approximate surface area is 131 Å². The summed E-state index contributed by atoms with van der Waals surface area (Å²) < 4.78 is 6.31. The van der Waals surface area contributed by atoms with E-state index in [2.05, 4.69) is 15.9 Å². The first kappa shape index (κ1) is 14.5. The molecule has 1 aromatic carbocycles. The molecule has 2 atom stereocenters. The molecule has 0 aromatic heterocycles. The standard InChI is InChI=1S/C15H16BrNO4/c16-11-4-1-3-9-8-17(12(15(19)20)7-10(9)11)14(18)13-5-2-6-21-13/h1,3-4,12-13H,2,5-8H2,(H,19,20)/t12?,13-/m0/s1. The lowest BCUT2D eigenvalue weighted by Crippen LogP contribution is -2.51. The molecule has 0 spiro atoms. The number of carboxylic acids is 1. The summed E-state index contributed by atoms with van der Waals surface area (Å²) in [5, 5.41) is 9.47. The van der Waals surface area contributed by atoms with E-state index in [1.165, 1.54) is 4.90 Å². The van der Waals surface area contributed by atoms with Gasteiger partial charge in [-0.25, -0.2) is 4.79 Å². The summed E-state index contributed by atoms with van der Waals surface area (Å²) in [6, 6.07) is 4.91. The third kappa shape index (κ3) is 2.70. The van der Waals surface area contributed by atoms with Crippen LogP contribution in [0.4, 0.5) is 0 Å². The van der Waals surface area contributed by atoms with E-state index in [0.717, 1.165) is 22.0 Å². The maximum atomic E-state index is 12.5. The molecule has 2 aliphatic rings. The van der Waals surface area contributed by atoms with Crippen LogP contribution in [-0.4, -0.2) is 40.6 Å². The number of rotatable bonds is 2. The lowest BCUT2D eigenvalue weighted by Gasteiger charge is -2.36. The molecule has 0 aliphatic carbocycles. The summed E-state index contributed by atoms with van der Waals surface area (Å²) in [5.41, 5.74) is 1.97. The Hall–Kier alpha value is -1.40. The third-order valence-electron chi connectivity index (χ3n) is 4.10. The highest BCUT2D eigenvalue weighted by Crippen LogP contribution is 2.31. The molecule has 5 nitrogen and oxygen atoms in total. The van der Waals surface area contributed by atoms with Gasteiger partial charge in [-0.3, -0.25) is 4.79 Å². The first-order valence-electron chi connectivity index (χ1n) is 6.99. The number of fused-ring (bicyclic) bond motifs is 1. The van der Waals surface area contributed by atoms with Crippen LogP contribution in [0.25, 0.3) is 0 Å². The number of hydrogen-bond donors (Lipinski definition) is 1. The van der Waals surface area contributed by atoms with E-state index in [-0.39, 0.29) is 5.91 Å². The van der Waals surface area contributed by atoms with Crippen LogP contribution in [0.5, 0.6) is 0 Å². The summed E-state index contributed by atoms with van der Waals surface area (Å²) in [5.74, 6) is -1.17. The molecule has 1 unspecified atom stereocenters. The van der Waals surface area contributed by atoms with Gasteiger partial charge < -0.3 is 14.7 Å². The van der Waals surface area contributed by atoms with Crippen molar-refractivity contribution < 1.29 is 19.4 Å². The number of amides is 1. The molecule has 0 saturated carbocycles. The Kier molecular flexibility index (Phi) is 3.99. The van der Waals surface area contributed by atoms with Crippen LogP contribution in [0.1, 0.15) is 24.0 Å². The number of halogens is 1. The van der Waals surface area contributed by atoms with Gasteiger partial charge >= 0.3 is 5.97 Å². The van der Waals surface area contributed by atoms with Crippen molar-refractivity contribution in [2.75, 3.05) is 6.61 Å². The van der Waals surface area contributed by atoms with Crippen LogP contribution in [-0.2, 0) is 27.3 Å². The monoisotopic (exact) mass is 353 g/mol. The zero-order chi connectivity index (χ0) is 15.0. The fraction of sp³-hybridized carbons (Fsp3) is 0.467. The minimum absolute atomic E-state index is 0.203. The van der Waals surface area contributed by atoms with Crippen molar-refractivity contribution in [2.45, 2.75) is 38.0 Å². The number of benzene rings is 1. The molecule has 2 aliphatic heterocycles. The number of carboxylic acid groups (broad SMARTS) is 1. The minimum atomic E-state index is -0.970. The maximum absolute atomic E-state index is 12.5. The zero-order valence-electron chi connectivity index (χ0n) is 11.4. The van der Waals surface area contributed by atoms with Gasteiger partial charge in [-0.2, -0.15) is 0 Å². The second-order valence-corrected chi connectivity index (χ2v) is 6.26. The number of carbonyl (C=O) groups excluding carboxylic acids is 1. The Morgan fingerprint density at radius 1 is 1.38 bits per heavy atom. The Bertz CT molecular complexity index is 583. The molecule has 6 heteroatoms. The highest BCUT2D eigenvalue weighted by Gasteiger charge is 2.39. The number of hydrogen-bond acceptors (Lipinski definition) is 3. The summed E-state index contributed by atoms with van der Waals surface area (Å²) in [6.07, 6.45) is 1.36. The van der Waals surface area contributed by atoms with Crippen molar-refractivity contribution in [3.05, 3.63) is 33.8 Å². The molecule has 21 heavy (non-hydrogen) atoms. The number of nitrogens with zero attached hydrogens (tertiary/aromatic N) is 1. The molecule has 112 valence electrons. The van der Waals surface area contributed by atoms with Gasteiger partial charge in [0.1, 0.15) is 12.1 Å². The van der Waals surface area contributed by atoms with Gasteiger partial charge in [0.25, 0.3) is 5.91 Å².